The van der Waals surface area contributed by atoms with Crippen LogP contribution in [0.3, 0.4) is 0 Å². The molecule has 2 fully saturated rings. The maximum absolute atomic E-state index is 12.4. The molecule has 0 amide bonds. The van der Waals surface area contributed by atoms with E-state index in [0.29, 0.717) is 13.1 Å². The highest BCUT2D eigenvalue weighted by molar-refractivity contribution is 5.85. The van der Waals surface area contributed by atoms with Crippen molar-refractivity contribution in [2.75, 3.05) is 13.1 Å². The zero-order valence-electron chi connectivity index (χ0n) is 5.29. The van der Waals surface area contributed by atoms with Crippen LogP contribution in [-0.4, -0.2) is 19.0 Å². The first-order valence-corrected chi connectivity index (χ1v) is 3.00. The average molecular weight is 171 g/mol. The molecule has 0 aromatic carbocycles. The van der Waals surface area contributed by atoms with E-state index in [1.54, 1.807) is 0 Å². The number of halogens is 3. The lowest BCUT2D eigenvalue weighted by Crippen LogP contribution is -2.21. The van der Waals surface area contributed by atoms with Gasteiger partial charge in [-0.25, -0.2) is 8.78 Å². The Kier molecular flexibility index (Phi) is 1.66. The van der Waals surface area contributed by atoms with Crippen molar-refractivity contribution in [3.63, 3.8) is 0 Å². The number of hydrazine groups is 1. The van der Waals surface area contributed by atoms with Gasteiger partial charge < -0.3 is 0 Å². The van der Waals surface area contributed by atoms with Gasteiger partial charge in [0.15, 0.2) is 0 Å². The van der Waals surface area contributed by atoms with Crippen LogP contribution in [0.25, 0.3) is 0 Å². The molecular formula is C5H9ClF2N2. The van der Waals surface area contributed by atoms with Gasteiger partial charge in [-0.3, -0.25) is 10.9 Å². The topological polar surface area (TPSA) is 24.1 Å². The van der Waals surface area contributed by atoms with Crippen LogP contribution in [0.4, 0.5) is 8.78 Å². The highest BCUT2D eigenvalue weighted by Crippen LogP contribution is 2.60. The number of nitrogens with one attached hydrogen (secondary N) is 2. The van der Waals surface area contributed by atoms with Gasteiger partial charge in [-0.05, 0) is 0 Å². The van der Waals surface area contributed by atoms with Crippen LogP contribution in [-0.2, 0) is 0 Å². The molecule has 5 heteroatoms. The summed E-state index contributed by atoms with van der Waals surface area (Å²) in [6.07, 6.45) is 0.0556. The van der Waals surface area contributed by atoms with Crippen molar-refractivity contribution in [1.82, 2.24) is 10.9 Å². The molecule has 1 heterocycles. The van der Waals surface area contributed by atoms with Crippen molar-refractivity contribution >= 4 is 12.4 Å². The molecule has 2 nitrogen and oxygen atoms in total. The first kappa shape index (κ1) is 8.17. The molecule has 1 saturated heterocycles. The normalized spacial score (nSPS) is 31.8. The van der Waals surface area contributed by atoms with Crippen molar-refractivity contribution < 1.29 is 8.78 Å². The number of alkyl halides is 2. The number of rotatable bonds is 0. The van der Waals surface area contributed by atoms with E-state index in [4.69, 9.17) is 0 Å². The molecule has 1 aliphatic heterocycles. The second-order valence-corrected chi connectivity index (χ2v) is 2.87. The molecular weight excluding hydrogens is 162 g/mol. The van der Waals surface area contributed by atoms with Crippen LogP contribution in [0.5, 0.6) is 0 Å². The van der Waals surface area contributed by atoms with Crippen LogP contribution in [0.2, 0.25) is 0 Å². The van der Waals surface area contributed by atoms with E-state index in [1.165, 1.54) is 0 Å². The van der Waals surface area contributed by atoms with Gasteiger partial charge >= 0.3 is 0 Å². The Morgan fingerprint density at radius 2 is 1.50 bits per heavy atom. The molecule has 10 heavy (non-hydrogen) atoms. The minimum absolute atomic E-state index is 0. The lowest BCUT2D eigenvalue weighted by molar-refractivity contribution is 0.0741. The van der Waals surface area contributed by atoms with Gasteiger partial charge in [0.25, 0.3) is 5.92 Å². The van der Waals surface area contributed by atoms with E-state index in [1.807, 2.05) is 0 Å². The summed E-state index contributed by atoms with van der Waals surface area (Å²) in [6, 6.07) is 0. The summed E-state index contributed by atoms with van der Waals surface area (Å²) < 4.78 is 24.8. The zero-order valence-corrected chi connectivity index (χ0v) is 6.10. The smallest absolute Gasteiger partial charge is 0.257 e. The first-order chi connectivity index (χ1) is 4.16. The Balaban J connectivity index is 0.000000500. The van der Waals surface area contributed by atoms with E-state index in [0.717, 1.165) is 0 Å². The molecule has 1 spiro atoms. The molecule has 60 valence electrons. The van der Waals surface area contributed by atoms with Gasteiger partial charge in [0, 0.05) is 19.5 Å². The minimum Gasteiger partial charge on any atom is -0.257 e. The Bertz CT molecular complexity index is 139. The van der Waals surface area contributed by atoms with Gasteiger partial charge in [0.05, 0.1) is 5.41 Å². The average Bonchev–Trinajstić information content (AvgIpc) is 2.27. The van der Waals surface area contributed by atoms with Gasteiger partial charge in [0.2, 0.25) is 0 Å². The van der Waals surface area contributed by atoms with Crippen molar-refractivity contribution in [1.29, 1.82) is 0 Å². The van der Waals surface area contributed by atoms with E-state index < -0.39 is 11.3 Å². The molecule has 1 saturated carbocycles. The molecule has 2 rings (SSSR count). The third kappa shape index (κ3) is 0.828. The van der Waals surface area contributed by atoms with Crippen molar-refractivity contribution in [2.24, 2.45) is 5.41 Å². The van der Waals surface area contributed by atoms with E-state index >= 15 is 0 Å². The Morgan fingerprint density at radius 3 is 1.70 bits per heavy atom. The molecule has 0 aromatic rings. The van der Waals surface area contributed by atoms with Gasteiger partial charge in [0.1, 0.15) is 0 Å². The molecule has 2 N–H and O–H groups in total. The van der Waals surface area contributed by atoms with Gasteiger partial charge in [-0.2, -0.15) is 0 Å². The summed E-state index contributed by atoms with van der Waals surface area (Å²) in [5.41, 5.74) is 4.69. The lowest BCUT2D eigenvalue weighted by Gasteiger charge is -2.01. The van der Waals surface area contributed by atoms with Crippen molar-refractivity contribution in [3.05, 3.63) is 0 Å². The summed E-state index contributed by atoms with van der Waals surface area (Å²) in [5, 5.41) is 0. The highest BCUT2D eigenvalue weighted by Gasteiger charge is 2.71. The van der Waals surface area contributed by atoms with E-state index in [9.17, 15) is 8.78 Å². The molecule has 0 aromatic heterocycles. The van der Waals surface area contributed by atoms with Crippen molar-refractivity contribution in [2.45, 2.75) is 12.3 Å². The minimum atomic E-state index is -2.40. The fraction of sp³-hybridized carbons (Fsp3) is 1.00. The zero-order chi connectivity index (χ0) is 6.54. The summed E-state index contributed by atoms with van der Waals surface area (Å²) in [4.78, 5) is 0. The Morgan fingerprint density at radius 1 is 1.10 bits per heavy atom. The molecule has 0 atom stereocenters. The maximum Gasteiger partial charge on any atom is 0.257 e. The summed E-state index contributed by atoms with van der Waals surface area (Å²) in [7, 11) is 0. The van der Waals surface area contributed by atoms with Crippen molar-refractivity contribution in [3.8, 4) is 0 Å². The quantitative estimate of drug-likeness (QED) is 0.555. The predicted molar refractivity (Wildman–Crippen MR) is 35.3 cm³/mol. The molecule has 2 aliphatic rings. The first-order valence-electron chi connectivity index (χ1n) is 3.00. The number of hydrogen-bond acceptors (Lipinski definition) is 2. The summed E-state index contributed by atoms with van der Waals surface area (Å²) >= 11 is 0. The van der Waals surface area contributed by atoms with Gasteiger partial charge in [-0.1, -0.05) is 0 Å². The predicted octanol–water partition coefficient (Wildman–Crippen LogP) is 0.541. The highest BCUT2D eigenvalue weighted by atomic mass is 35.5. The van der Waals surface area contributed by atoms with E-state index in [-0.39, 0.29) is 18.8 Å². The van der Waals surface area contributed by atoms with Crippen LogP contribution in [0.1, 0.15) is 6.42 Å². The third-order valence-corrected chi connectivity index (χ3v) is 2.19. The molecule has 1 aliphatic carbocycles. The fourth-order valence-electron chi connectivity index (χ4n) is 1.29. The Labute approximate surface area is 63.7 Å². The molecule has 0 bridgehead atoms. The maximum atomic E-state index is 12.4. The molecule has 0 unspecified atom stereocenters. The molecule has 0 radical (unpaired) electrons. The number of hydrogen-bond donors (Lipinski definition) is 2. The van der Waals surface area contributed by atoms with Crippen LogP contribution >= 0.6 is 12.4 Å². The fourth-order valence-corrected chi connectivity index (χ4v) is 1.29. The standard InChI is InChI=1S/C5H8F2N2.ClH/c6-5(7)1-4(5)2-8-9-3-4;/h8-9H,1-3H2;1H. The SMILES string of the molecule is Cl.FC1(F)CC12CNNC2. The van der Waals surface area contributed by atoms with Crippen LogP contribution in [0.15, 0.2) is 0 Å². The largest absolute Gasteiger partial charge is 0.257 e. The second kappa shape index (κ2) is 2.03. The summed E-state index contributed by atoms with van der Waals surface area (Å²) in [5.74, 6) is -2.40. The van der Waals surface area contributed by atoms with Gasteiger partial charge in [-0.15, -0.1) is 12.4 Å². The van der Waals surface area contributed by atoms with Crippen LogP contribution < -0.4 is 10.9 Å². The van der Waals surface area contributed by atoms with Crippen LogP contribution in [0, 0.1) is 5.41 Å². The monoisotopic (exact) mass is 170 g/mol. The summed E-state index contributed by atoms with van der Waals surface area (Å²) in [6.45, 7) is 0.833. The second-order valence-electron chi connectivity index (χ2n) is 2.87. The lowest BCUT2D eigenvalue weighted by atomic mass is 10.1. The Hall–Kier alpha value is 0.0700. The van der Waals surface area contributed by atoms with E-state index in [2.05, 4.69) is 10.9 Å². The third-order valence-electron chi connectivity index (χ3n) is 2.19.